The van der Waals surface area contributed by atoms with E-state index in [2.05, 4.69) is 15.0 Å². The average Bonchev–Trinajstić information content (AvgIpc) is 2.04. The van der Waals surface area contributed by atoms with Crippen molar-refractivity contribution in [3.63, 3.8) is 0 Å². The molecule has 0 spiro atoms. The fraction of sp³-hybridized carbons (Fsp3) is 0.429. The molecular formula is C7H8N4O. The summed E-state index contributed by atoms with van der Waals surface area (Å²) in [5.41, 5.74) is -0.255. The zero-order valence-corrected chi connectivity index (χ0v) is 6.69. The lowest BCUT2D eigenvalue weighted by Crippen LogP contribution is -2.26. The van der Waals surface area contributed by atoms with E-state index < -0.39 is 0 Å². The summed E-state index contributed by atoms with van der Waals surface area (Å²) < 4.78 is 1.48. The molecular weight excluding hydrogens is 156 g/mol. The maximum Gasteiger partial charge on any atom is 0.352 e. The molecule has 5 heteroatoms. The van der Waals surface area contributed by atoms with Crippen LogP contribution in [0.5, 0.6) is 0 Å². The van der Waals surface area contributed by atoms with Crippen molar-refractivity contribution < 1.29 is 0 Å². The van der Waals surface area contributed by atoms with Gasteiger partial charge >= 0.3 is 5.69 Å². The van der Waals surface area contributed by atoms with Gasteiger partial charge in [-0.1, -0.05) is 0 Å². The van der Waals surface area contributed by atoms with Crippen molar-refractivity contribution in [1.29, 1.82) is 0 Å². The molecule has 2 rings (SSSR count). The number of rotatable bonds is 0. The van der Waals surface area contributed by atoms with E-state index in [-0.39, 0.29) is 5.69 Å². The van der Waals surface area contributed by atoms with Crippen molar-refractivity contribution in [2.45, 2.75) is 19.9 Å². The Hall–Kier alpha value is -1.52. The van der Waals surface area contributed by atoms with Crippen LogP contribution >= 0.6 is 0 Å². The lowest BCUT2D eigenvalue weighted by molar-refractivity contribution is 0.638. The highest BCUT2D eigenvalue weighted by Gasteiger charge is 2.08. The standard InChI is InChI=1S/C7H8N4O/c1-5-9-6-8-3-2-4-11(6)7(12)10-5/h3H,2,4H2,1H3. The molecule has 0 amide bonds. The van der Waals surface area contributed by atoms with Crippen LogP contribution in [0.3, 0.4) is 0 Å². The summed E-state index contributed by atoms with van der Waals surface area (Å²) in [5.74, 6) is 0.948. The van der Waals surface area contributed by atoms with Gasteiger partial charge in [0, 0.05) is 19.2 Å². The zero-order valence-electron chi connectivity index (χ0n) is 6.69. The highest BCUT2D eigenvalue weighted by Crippen LogP contribution is 2.08. The molecule has 0 aliphatic carbocycles. The highest BCUT2D eigenvalue weighted by atomic mass is 16.1. The van der Waals surface area contributed by atoms with Crippen LogP contribution in [-0.4, -0.2) is 20.7 Å². The van der Waals surface area contributed by atoms with E-state index in [1.807, 2.05) is 0 Å². The first-order valence-corrected chi connectivity index (χ1v) is 3.75. The van der Waals surface area contributed by atoms with Crippen molar-refractivity contribution in [3.8, 4) is 0 Å². The minimum absolute atomic E-state index is 0.255. The molecule has 62 valence electrons. The first-order chi connectivity index (χ1) is 5.77. The van der Waals surface area contributed by atoms with Gasteiger partial charge in [-0.2, -0.15) is 9.97 Å². The molecule has 1 aliphatic heterocycles. The summed E-state index contributed by atoms with van der Waals surface area (Å²) in [5, 5.41) is 0. The van der Waals surface area contributed by atoms with Gasteiger partial charge in [-0.3, -0.25) is 4.57 Å². The van der Waals surface area contributed by atoms with Crippen molar-refractivity contribution in [1.82, 2.24) is 14.5 Å². The summed E-state index contributed by atoms with van der Waals surface area (Å²) in [7, 11) is 0. The Morgan fingerprint density at radius 1 is 1.50 bits per heavy atom. The normalized spacial score (nSPS) is 14.4. The van der Waals surface area contributed by atoms with Gasteiger partial charge in [-0.05, 0) is 6.92 Å². The van der Waals surface area contributed by atoms with E-state index in [0.717, 1.165) is 6.42 Å². The van der Waals surface area contributed by atoms with Crippen LogP contribution in [0.2, 0.25) is 0 Å². The first kappa shape index (κ1) is 7.15. The van der Waals surface area contributed by atoms with E-state index in [4.69, 9.17) is 0 Å². The van der Waals surface area contributed by atoms with Crippen LogP contribution < -0.4 is 5.69 Å². The van der Waals surface area contributed by atoms with Gasteiger partial charge in [0.1, 0.15) is 5.82 Å². The second-order valence-corrected chi connectivity index (χ2v) is 2.61. The zero-order chi connectivity index (χ0) is 8.55. The first-order valence-electron chi connectivity index (χ1n) is 3.75. The summed E-state index contributed by atoms with van der Waals surface area (Å²) in [4.78, 5) is 23.0. The van der Waals surface area contributed by atoms with Crippen LogP contribution in [0.4, 0.5) is 5.95 Å². The minimum atomic E-state index is -0.255. The average molecular weight is 164 g/mol. The predicted octanol–water partition coefficient (Wildman–Crippen LogP) is 0.0527. The van der Waals surface area contributed by atoms with Gasteiger partial charge < -0.3 is 0 Å². The number of nitrogens with zero attached hydrogens (tertiary/aromatic N) is 4. The summed E-state index contributed by atoms with van der Waals surface area (Å²) >= 11 is 0. The van der Waals surface area contributed by atoms with E-state index in [1.54, 1.807) is 13.1 Å². The third-order valence-corrected chi connectivity index (χ3v) is 1.68. The van der Waals surface area contributed by atoms with E-state index in [0.29, 0.717) is 18.3 Å². The molecule has 12 heavy (non-hydrogen) atoms. The second kappa shape index (κ2) is 2.51. The van der Waals surface area contributed by atoms with Gasteiger partial charge in [-0.25, -0.2) is 9.79 Å². The molecule has 1 aromatic rings. The largest absolute Gasteiger partial charge is 0.352 e. The van der Waals surface area contributed by atoms with Gasteiger partial charge in [0.25, 0.3) is 0 Å². The molecule has 0 fully saturated rings. The van der Waals surface area contributed by atoms with Gasteiger partial charge in [0.05, 0.1) is 0 Å². The number of aromatic nitrogens is 3. The fourth-order valence-electron chi connectivity index (χ4n) is 1.14. The smallest absolute Gasteiger partial charge is 0.260 e. The lowest BCUT2D eigenvalue weighted by Gasteiger charge is -2.09. The van der Waals surface area contributed by atoms with E-state index in [1.165, 1.54) is 4.57 Å². The number of fused-ring (bicyclic) bond motifs is 1. The highest BCUT2D eigenvalue weighted by molar-refractivity contribution is 5.62. The van der Waals surface area contributed by atoms with E-state index in [9.17, 15) is 4.79 Å². The van der Waals surface area contributed by atoms with Gasteiger partial charge in [0.2, 0.25) is 5.95 Å². The van der Waals surface area contributed by atoms with E-state index >= 15 is 0 Å². The molecule has 2 heterocycles. The Morgan fingerprint density at radius 3 is 3.17 bits per heavy atom. The van der Waals surface area contributed by atoms with Crippen LogP contribution in [0.15, 0.2) is 9.79 Å². The Kier molecular flexibility index (Phi) is 1.49. The molecule has 0 atom stereocenters. The second-order valence-electron chi connectivity index (χ2n) is 2.61. The monoisotopic (exact) mass is 164 g/mol. The maximum atomic E-state index is 11.2. The van der Waals surface area contributed by atoms with Crippen LogP contribution in [-0.2, 0) is 6.54 Å². The molecule has 0 saturated carbocycles. The van der Waals surface area contributed by atoms with Crippen LogP contribution in [0.1, 0.15) is 12.2 Å². The number of hydrogen-bond acceptors (Lipinski definition) is 4. The van der Waals surface area contributed by atoms with Crippen molar-refractivity contribution in [2.75, 3.05) is 0 Å². The van der Waals surface area contributed by atoms with Crippen molar-refractivity contribution >= 4 is 12.2 Å². The molecule has 0 N–H and O–H groups in total. The molecule has 0 saturated heterocycles. The molecule has 0 unspecified atom stereocenters. The number of aliphatic imine (C=N–C) groups is 1. The van der Waals surface area contributed by atoms with Gasteiger partial charge in [-0.15, -0.1) is 0 Å². The summed E-state index contributed by atoms with van der Waals surface area (Å²) in [6.07, 6.45) is 2.54. The quantitative estimate of drug-likeness (QED) is 0.544. The van der Waals surface area contributed by atoms with Crippen molar-refractivity contribution in [3.05, 3.63) is 16.3 Å². The Labute approximate surface area is 68.8 Å². The molecule has 1 aliphatic rings. The Bertz CT molecular complexity index is 393. The SMILES string of the molecule is Cc1nc2n(c(=O)n1)CCC=N2. The van der Waals surface area contributed by atoms with Crippen LogP contribution in [0.25, 0.3) is 0 Å². The maximum absolute atomic E-state index is 11.2. The fourth-order valence-corrected chi connectivity index (χ4v) is 1.14. The minimum Gasteiger partial charge on any atom is -0.260 e. The number of aryl methyl sites for hydroxylation is 1. The Morgan fingerprint density at radius 2 is 2.33 bits per heavy atom. The molecule has 1 aromatic heterocycles. The summed E-state index contributed by atoms with van der Waals surface area (Å²) in [6.45, 7) is 2.32. The Balaban J connectivity index is 2.71. The lowest BCUT2D eigenvalue weighted by atomic mass is 10.4. The molecule has 0 radical (unpaired) electrons. The van der Waals surface area contributed by atoms with Gasteiger partial charge in [0.15, 0.2) is 0 Å². The third kappa shape index (κ3) is 1.03. The topological polar surface area (TPSA) is 60.1 Å². The molecule has 0 aromatic carbocycles. The number of hydrogen-bond donors (Lipinski definition) is 0. The van der Waals surface area contributed by atoms with Crippen LogP contribution in [0, 0.1) is 6.92 Å². The predicted molar refractivity (Wildman–Crippen MR) is 43.8 cm³/mol. The summed E-state index contributed by atoms with van der Waals surface area (Å²) in [6, 6.07) is 0. The molecule has 5 nitrogen and oxygen atoms in total. The molecule has 0 bridgehead atoms. The third-order valence-electron chi connectivity index (χ3n) is 1.68. The van der Waals surface area contributed by atoms with Crippen molar-refractivity contribution in [2.24, 2.45) is 4.99 Å².